The van der Waals surface area contributed by atoms with Gasteiger partial charge < -0.3 is 10.1 Å². The summed E-state index contributed by atoms with van der Waals surface area (Å²) in [6.07, 6.45) is 5.93. The van der Waals surface area contributed by atoms with E-state index in [0.29, 0.717) is 12.1 Å². The summed E-state index contributed by atoms with van der Waals surface area (Å²) in [5, 5.41) is 8.05. The number of hydrogen-bond donors (Lipinski definition) is 1. The van der Waals surface area contributed by atoms with E-state index in [1.807, 2.05) is 17.9 Å². The minimum atomic E-state index is 0.344. The Morgan fingerprint density at radius 3 is 2.78 bits per heavy atom. The fraction of sp³-hybridized carbons (Fsp3) is 0.786. The van der Waals surface area contributed by atoms with E-state index in [-0.39, 0.29) is 0 Å². The van der Waals surface area contributed by atoms with Gasteiger partial charge in [-0.2, -0.15) is 5.10 Å². The highest BCUT2D eigenvalue weighted by molar-refractivity contribution is 5.04. The molecule has 0 aliphatic heterocycles. The summed E-state index contributed by atoms with van der Waals surface area (Å²) in [6, 6.07) is 2.48. The first-order valence-corrected chi connectivity index (χ1v) is 7.08. The Balaban J connectivity index is 2.00. The second kappa shape index (κ2) is 6.34. The van der Waals surface area contributed by atoms with Crippen LogP contribution in [0, 0.1) is 5.92 Å². The van der Waals surface area contributed by atoms with Crippen LogP contribution >= 0.6 is 0 Å². The van der Waals surface area contributed by atoms with Gasteiger partial charge in [-0.1, -0.05) is 6.92 Å². The first kappa shape index (κ1) is 13.6. The molecule has 1 N–H and O–H groups in total. The van der Waals surface area contributed by atoms with E-state index in [0.717, 1.165) is 31.2 Å². The number of aromatic nitrogens is 2. The predicted molar refractivity (Wildman–Crippen MR) is 72.5 cm³/mol. The normalized spacial score (nSPS) is 18.8. The number of rotatable bonds is 8. The van der Waals surface area contributed by atoms with E-state index in [2.05, 4.69) is 30.3 Å². The zero-order valence-electron chi connectivity index (χ0n) is 11.7. The number of ether oxygens (including phenoxy) is 1. The van der Waals surface area contributed by atoms with E-state index in [1.165, 1.54) is 12.8 Å². The van der Waals surface area contributed by atoms with Crippen LogP contribution in [0.4, 0.5) is 0 Å². The van der Waals surface area contributed by atoms with Crippen LogP contribution < -0.4 is 5.32 Å². The third-order valence-corrected chi connectivity index (χ3v) is 3.51. The van der Waals surface area contributed by atoms with Gasteiger partial charge in [0.2, 0.25) is 0 Å². The molecule has 2 atom stereocenters. The summed E-state index contributed by atoms with van der Waals surface area (Å²) in [7, 11) is 1.96. The standard InChI is InChI=1S/C14H25N3O/c1-4-15-13(10-12-8-9-17(3)16-12)14(18-5-2)11-6-7-11/h8-9,11,13-15H,4-7,10H2,1-3H3. The maximum Gasteiger partial charge on any atom is 0.0759 e. The van der Waals surface area contributed by atoms with Crippen LogP contribution in [-0.2, 0) is 18.2 Å². The maximum absolute atomic E-state index is 5.96. The van der Waals surface area contributed by atoms with Gasteiger partial charge in [-0.25, -0.2) is 0 Å². The van der Waals surface area contributed by atoms with E-state index >= 15 is 0 Å². The highest BCUT2D eigenvalue weighted by atomic mass is 16.5. The number of nitrogens with zero attached hydrogens (tertiary/aromatic N) is 2. The summed E-state index contributed by atoms with van der Waals surface area (Å²) in [5.41, 5.74) is 1.15. The van der Waals surface area contributed by atoms with Gasteiger partial charge in [0.1, 0.15) is 0 Å². The predicted octanol–water partition coefficient (Wildman–Crippen LogP) is 1.76. The monoisotopic (exact) mass is 251 g/mol. The fourth-order valence-corrected chi connectivity index (χ4v) is 2.56. The lowest BCUT2D eigenvalue weighted by molar-refractivity contribution is 0.0193. The zero-order chi connectivity index (χ0) is 13.0. The minimum Gasteiger partial charge on any atom is -0.377 e. The minimum absolute atomic E-state index is 0.344. The van der Waals surface area contributed by atoms with Gasteiger partial charge in [-0.15, -0.1) is 0 Å². The van der Waals surface area contributed by atoms with Crippen LogP contribution in [0.5, 0.6) is 0 Å². The van der Waals surface area contributed by atoms with Gasteiger partial charge in [0.25, 0.3) is 0 Å². The molecule has 1 fully saturated rings. The second-order valence-electron chi connectivity index (χ2n) is 5.11. The van der Waals surface area contributed by atoms with Crippen molar-refractivity contribution in [2.75, 3.05) is 13.2 Å². The van der Waals surface area contributed by atoms with E-state index in [9.17, 15) is 0 Å². The van der Waals surface area contributed by atoms with Crippen molar-refractivity contribution in [1.29, 1.82) is 0 Å². The van der Waals surface area contributed by atoms with Crippen molar-refractivity contribution >= 4 is 0 Å². The number of aryl methyl sites for hydroxylation is 1. The average molecular weight is 251 g/mol. The van der Waals surface area contributed by atoms with Crippen LogP contribution in [0.15, 0.2) is 12.3 Å². The Morgan fingerprint density at radius 2 is 2.28 bits per heavy atom. The zero-order valence-corrected chi connectivity index (χ0v) is 11.7. The molecule has 1 aliphatic rings. The summed E-state index contributed by atoms with van der Waals surface area (Å²) in [5.74, 6) is 0.748. The number of hydrogen-bond acceptors (Lipinski definition) is 3. The van der Waals surface area contributed by atoms with Crippen LogP contribution in [-0.4, -0.2) is 35.1 Å². The van der Waals surface area contributed by atoms with Crippen molar-refractivity contribution in [3.05, 3.63) is 18.0 Å². The van der Waals surface area contributed by atoms with Crippen molar-refractivity contribution in [2.24, 2.45) is 13.0 Å². The quantitative estimate of drug-likeness (QED) is 0.765. The molecule has 0 spiro atoms. The lowest BCUT2D eigenvalue weighted by Crippen LogP contribution is -2.44. The molecule has 0 saturated heterocycles. The largest absolute Gasteiger partial charge is 0.377 e. The highest BCUT2D eigenvalue weighted by Gasteiger charge is 2.37. The molecule has 1 heterocycles. The van der Waals surface area contributed by atoms with Gasteiger partial charge in [0, 0.05) is 32.3 Å². The Morgan fingerprint density at radius 1 is 1.50 bits per heavy atom. The van der Waals surface area contributed by atoms with Crippen molar-refractivity contribution in [2.45, 2.75) is 45.3 Å². The average Bonchev–Trinajstić information content (AvgIpc) is 3.10. The fourth-order valence-electron chi connectivity index (χ4n) is 2.56. The molecule has 0 aromatic carbocycles. The van der Waals surface area contributed by atoms with Crippen LogP contribution in [0.3, 0.4) is 0 Å². The Bertz CT molecular complexity index is 360. The third kappa shape index (κ3) is 3.56. The second-order valence-corrected chi connectivity index (χ2v) is 5.11. The van der Waals surface area contributed by atoms with Crippen LogP contribution in [0.2, 0.25) is 0 Å². The lowest BCUT2D eigenvalue weighted by atomic mass is 10.0. The van der Waals surface area contributed by atoms with E-state index < -0.39 is 0 Å². The molecule has 2 unspecified atom stereocenters. The third-order valence-electron chi connectivity index (χ3n) is 3.51. The molecule has 18 heavy (non-hydrogen) atoms. The topological polar surface area (TPSA) is 39.1 Å². The van der Waals surface area contributed by atoms with Gasteiger partial charge in [0.05, 0.1) is 11.8 Å². The number of likely N-dealkylation sites (N-methyl/N-ethyl adjacent to an activating group) is 1. The van der Waals surface area contributed by atoms with E-state index in [1.54, 1.807) is 0 Å². The number of nitrogens with one attached hydrogen (secondary N) is 1. The maximum atomic E-state index is 5.96. The Labute approximate surface area is 110 Å². The van der Waals surface area contributed by atoms with Gasteiger partial charge in [0.15, 0.2) is 0 Å². The van der Waals surface area contributed by atoms with Gasteiger partial charge in [-0.3, -0.25) is 4.68 Å². The molecule has 1 aliphatic carbocycles. The first-order valence-electron chi connectivity index (χ1n) is 7.08. The molecule has 1 saturated carbocycles. The molecule has 0 bridgehead atoms. The van der Waals surface area contributed by atoms with Crippen molar-refractivity contribution in [1.82, 2.24) is 15.1 Å². The Kier molecular flexibility index (Phi) is 4.78. The summed E-state index contributed by atoms with van der Waals surface area (Å²) >= 11 is 0. The summed E-state index contributed by atoms with van der Waals surface area (Å²) in [4.78, 5) is 0. The van der Waals surface area contributed by atoms with Crippen molar-refractivity contribution in [3.63, 3.8) is 0 Å². The molecule has 2 rings (SSSR count). The first-order chi connectivity index (χ1) is 8.74. The van der Waals surface area contributed by atoms with Gasteiger partial charge >= 0.3 is 0 Å². The van der Waals surface area contributed by atoms with Gasteiger partial charge in [-0.05, 0) is 38.3 Å². The molecule has 4 nitrogen and oxygen atoms in total. The Hall–Kier alpha value is -0.870. The molecule has 102 valence electrons. The molecule has 0 radical (unpaired) electrons. The van der Waals surface area contributed by atoms with Crippen LogP contribution in [0.1, 0.15) is 32.4 Å². The molecular formula is C14H25N3O. The smallest absolute Gasteiger partial charge is 0.0759 e. The molecule has 1 aromatic heterocycles. The molecule has 1 aromatic rings. The lowest BCUT2D eigenvalue weighted by Gasteiger charge is -2.27. The molecule has 4 heteroatoms. The SMILES string of the molecule is CCNC(Cc1ccn(C)n1)C(OCC)C1CC1. The van der Waals surface area contributed by atoms with Crippen molar-refractivity contribution in [3.8, 4) is 0 Å². The molecule has 0 amide bonds. The summed E-state index contributed by atoms with van der Waals surface area (Å²) < 4.78 is 7.83. The highest BCUT2D eigenvalue weighted by Crippen LogP contribution is 2.36. The van der Waals surface area contributed by atoms with Crippen LogP contribution in [0.25, 0.3) is 0 Å². The van der Waals surface area contributed by atoms with Crippen molar-refractivity contribution < 1.29 is 4.74 Å². The summed E-state index contributed by atoms with van der Waals surface area (Å²) in [6.45, 7) is 6.01. The molecular weight excluding hydrogens is 226 g/mol. The van der Waals surface area contributed by atoms with E-state index in [4.69, 9.17) is 4.74 Å².